The van der Waals surface area contributed by atoms with Crippen molar-refractivity contribution in [2.45, 2.75) is 25.8 Å². The van der Waals surface area contributed by atoms with Crippen LogP contribution < -0.4 is 16.0 Å². The average Bonchev–Trinajstić information content (AvgIpc) is 2.75. The predicted molar refractivity (Wildman–Crippen MR) is 74.8 cm³/mol. The zero-order valence-electron chi connectivity index (χ0n) is 11.4. The van der Waals surface area contributed by atoms with Crippen molar-refractivity contribution < 1.29 is 19.2 Å². The number of ketones is 1. The molecular formula is C14H15N3O4. The van der Waals surface area contributed by atoms with Crippen LogP contribution in [-0.2, 0) is 9.59 Å². The van der Waals surface area contributed by atoms with E-state index < -0.39 is 18.0 Å². The Morgan fingerprint density at radius 3 is 2.67 bits per heavy atom. The molecule has 1 atom stereocenters. The highest BCUT2D eigenvalue weighted by Gasteiger charge is 2.29. The van der Waals surface area contributed by atoms with Gasteiger partial charge in [0.25, 0.3) is 5.91 Å². The molecule has 0 saturated carbocycles. The molecule has 0 aliphatic carbocycles. The zero-order chi connectivity index (χ0) is 15.4. The van der Waals surface area contributed by atoms with E-state index in [4.69, 9.17) is 0 Å². The molecule has 4 amide bonds. The maximum Gasteiger partial charge on any atom is 0.322 e. The lowest BCUT2D eigenvalue weighted by Crippen LogP contribution is -2.30. The maximum atomic E-state index is 11.8. The number of imide groups is 1. The van der Waals surface area contributed by atoms with E-state index in [0.29, 0.717) is 11.3 Å². The van der Waals surface area contributed by atoms with Gasteiger partial charge in [0, 0.05) is 17.7 Å². The SMILES string of the molecule is CC(=O)c1cccc(NC(=O)CC[C@@H]2NC(=O)NC2=O)c1. The summed E-state index contributed by atoms with van der Waals surface area (Å²) >= 11 is 0. The third kappa shape index (κ3) is 3.88. The lowest BCUT2D eigenvalue weighted by atomic mass is 10.1. The van der Waals surface area contributed by atoms with Crippen molar-refractivity contribution in [3.8, 4) is 0 Å². The summed E-state index contributed by atoms with van der Waals surface area (Å²) in [6.07, 6.45) is 0.304. The molecule has 1 aliphatic heterocycles. The van der Waals surface area contributed by atoms with E-state index >= 15 is 0 Å². The minimum atomic E-state index is -0.674. The minimum absolute atomic E-state index is 0.0860. The number of Topliss-reactive ketones (excluding diaryl/α,β-unsaturated/α-hetero) is 1. The van der Waals surface area contributed by atoms with E-state index in [0.717, 1.165) is 0 Å². The standard InChI is InChI=1S/C14H15N3O4/c1-8(18)9-3-2-4-10(7-9)15-12(19)6-5-11-13(20)17-14(21)16-11/h2-4,7,11H,5-6H2,1H3,(H,15,19)(H2,16,17,20,21)/t11-/m0/s1. The van der Waals surface area contributed by atoms with E-state index in [1.54, 1.807) is 24.3 Å². The Labute approximate surface area is 121 Å². The number of nitrogens with one attached hydrogen (secondary N) is 3. The molecule has 0 radical (unpaired) electrons. The molecule has 1 heterocycles. The average molecular weight is 289 g/mol. The number of hydrogen-bond donors (Lipinski definition) is 3. The molecule has 1 saturated heterocycles. The second-order valence-corrected chi connectivity index (χ2v) is 4.74. The van der Waals surface area contributed by atoms with Crippen LogP contribution in [-0.4, -0.2) is 29.7 Å². The van der Waals surface area contributed by atoms with Crippen LogP contribution in [0.4, 0.5) is 10.5 Å². The minimum Gasteiger partial charge on any atom is -0.326 e. The maximum absolute atomic E-state index is 11.8. The molecule has 1 fully saturated rings. The molecule has 1 aromatic rings. The van der Waals surface area contributed by atoms with Crippen LogP contribution in [0.2, 0.25) is 0 Å². The Kier molecular flexibility index (Phi) is 4.32. The second-order valence-electron chi connectivity index (χ2n) is 4.74. The Morgan fingerprint density at radius 2 is 2.05 bits per heavy atom. The van der Waals surface area contributed by atoms with Gasteiger partial charge in [-0.05, 0) is 25.5 Å². The van der Waals surface area contributed by atoms with Crippen molar-refractivity contribution in [2.75, 3.05) is 5.32 Å². The van der Waals surface area contributed by atoms with Crippen LogP contribution >= 0.6 is 0 Å². The molecule has 7 heteroatoms. The number of carbonyl (C=O) groups excluding carboxylic acids is 4. The zero-order valence-corrected chi connectivity index (χ0v) is 11.4. The Balaban J connectivity index is 1.87. The molecule has 1 aromatic carbocycles. The summed E-state index contributed by atoms with van der Waals surface area (Å²) < 4.78 is 0. The summed E-state index contributed by atoms with van der Waals surface area (Å²) in [5, 5.41) is 7.18. The number of hydrogen-bond acceptors (Lipinski definition) is 4. The Bertz CT molecular complexity index is 612. The quantitative estimate of drug-likeness (QED) is 0.551. The molecule has 1 aliphatic rings. The number of amides is 4. The molecule has 0 bridgehead atoms. The summed E-state index contributed by atoms with van der Waals surface area (Å²) in [6, 6.07) is 5.39. The highest BCUT2D eigenvalue weighted by molar-refractivity contribution is 6.04. The van der Waals surface area contributed by atoms with Crippen LogP contribution in [0.1, 0.15) is 30.1 Å². The van der Waals surface area contributed by atoms with Gasteiger partial charge >= 0.3 is 6.03 Å². The molecule has 21 heavy (non-hydrogen) atoms. The number of anilines is 1. The van der Waals surface area contributed by atoms with Crippen LogP contribution in [0.5, 0.6) is 0 Å². The molecule has 0 aromatic heterocycles. The van der Waals surface area contributed by atoms with Gasteiger partial charge in [0.15, 0.2) is 5.78 Å². The van der Waals surface area contributed by atoms with Crippen molar-refractivity contribution in [2.24, 2.45) is 0 Å². The van der Waals surface area contributed by atoms with Crippen molar-refractivity contribution >= 4 is 29.3 Å². The summed E-state index contributed by atoms with van der Waals surface area (Å²) in [7, 11) is 0. The van der Waals surface area contributed by atoms with E-state index in [2.05, 4.69) is 16.0 Å². The molecule has 110 valence electrons. The van der Waals surface area contributed by atoms with Gasteiger partial charge in [-0.2, -0.15) is 0 Å². The molecular weight excluding hydrogens is 274 g/mol. The van der Waals surface area contributed by atoms with Crippen LogP contribution in [0.25, 0.3) is 0 Å². The highest BCUT2D eigenvalue weighted by atomic mass is 16.2. The first-order valence-corrected chi connectivity index (χ1v) is 6.48. The number of benzene rings is 1. The van der Waals surface area contributed by atoms with Gasteiger partial charge in [0.1, 0.15) is 6.04 Å². The van der Waals surface area contributed by atoms with Crippen LogP contribution in [0.3, 0.4) is 0 Å². The largest absolute Gasteiger partial charge is 0.326 e. The normalized spacial score (nSPS) is 17.1. The van der Waals surface area contributed by atoms with Crippen molar-refractivity contribution in [1.82, 2.24) is 10.6 Å². The monoisotopic (exact) mass is 289 g/mol. The summed E-state index contributed by atoms with van der Waals surface area (Å²) in [4.78, 5) is 45.3. The van der Waals surface area contributed by atoms with Gasteiger partial charge in [-0.15, -0.1) is 0 Å². The topological polar surface area (TPSA) is 104 Å². The van der Waals surface area contributed by atoms with E-state index in [1.165, 1.54) is 6.92 Å². The molecule has 2 rings (SSSR count). The van der Waals surface area contributed by atoms with E-state index in [1.807, 2.05) is 0 Å². The molecule has 7 nitrogen and oxygen atoms in total. The fraction of sp³-hybridized carbons (Fsp3) is 0.286. The Morgan fingerprint density at radius 1 is 1.29 bits per heavy atom. The summed E-state index contributed by atoms with van der Waals surface area (Å²) in [5.41, 5.74) is 1.03. The van der Waals surface area contributed by atoms with E-state index in [9.17, 15) is 19.2 Å². The van der Waals surface area contributed by atoms with Crippen LogP contribution in [0.15, 0.2) is 24.3 Å². The first-order chi connectivity index (χ1) is 9.95. The number of rotatable bonds is 5. The molecule has 0 unspecified atom stereocenters. The van der Waals surface area contributed by atoms with Gasteiger partial charge in [0.05, 0.1) is 0 Å². The van der Waals surface area contributed by atoms with Crippen LogP contribution in [0, 0.1) is 0 Å². The molecule has 3 N–H and O–H groups in total. The third-order valence-corrected chi connectivity index (χ3v) is 3.07. The number of carbonyl (C=O) groups is 4. The third-order valence-electron chi connectivity index (χ3n) is 3.07. The van der Waals surface area contributed by atoms with Gasteiger partial charge in [0.2, 0.25) is 5.91 Å². The number of urea groups is 1. The van der Waals surface area contributed by atoms with Crippen molar-refractivity contribution in [3.05, 3.63) is 29.8 Å². The lowest BCUT2D eigenvalue weighted by molar-refractivity contribution is -0.120. The van der Waals surface area contributed by atoms with Gasteiger partial charge in [-0.25, -0.2) is 4.79 Å². The molecule has 0 spiro atoms. The summed E-state index contributed by atoms with van der Waals surface area (Å²) in [6.45, 7) is 1.45. The smallest absolute Gasteiger partial charge is 0.322 e. The first kappa shape index (κ1) is 14.7. The Hall–Kier alpha value is -2.70. The first-order valence-electron chi connectivity index (χ1n) is 6.48. The fourth-order valence-electron chi connectivity index (χ4n) is 1.98. The highest BCUT2D eigenvalue weighted by Crippen LogP contribution is 2.12. The van der Waals surface area contributed by atoms with Gasteiger partial charge in [-0.3, -0.25) is 19.7 Å². The fourth-order valence-corrected chi connectivity index (χ4v) is 1.98. The lowest BCUT2D eigenvalue weighted by Gasteiger charge is -2.08. The van der Waals surface area contributed by atoms with Crippen molar-refractivity contribution in [1.29, 1.82) is 0 Å². The van der Waals surface area contributed by atoms with Gasteiger partial charge in [-0.1, -0.05) is 12.1 Å². The summed E-state index contributed by atoms with van der Waals surface area (Å²) in [5.74, 6) is -0.799. The van der Waals surface area contributed by atoms with Gasteiger partial charge < -0.3 is 10.6 Å². The van der Waals surface area contributed by atoms with Crippen molar-refractivity contribution in [3.63, 3.8) is 0 Å². The van der Waals surface area contributed by atoms with E-state index in [-0.39, 0.29) is 24.5 Å². The second kappa shape index (κ2) is 6.17. The predicted octanol–water partition coefficient (Wildman–Crippen LogP) is 0.816.